The van der Waals surface area contributed by atoms with Crippen molar-refractivity contribution in [2.24, 2.45) is 0 Å². The Balaban J connectivity index is 2.18. The molecule has 2 heterocycles. The number of nitrogens with zero attached hydrogens (tertiary/aromatic N) is 1. The largest absolute Gasteiger partial charge is 0.358 e. The standard InChI is InChI=1S/C19H22N2/c1-12-9-13(2)11-17(10-12)19(6)20-15(4)18-8-7-14(3)16(5)21(18)19/h7-11,20H,4-5H2,1-3,6H3. The summed E-state index contributed by atoms with van der Waals surface area (Å²) in [5.41, 5.74) is 7.70. The van der Waals surface area contributed by atoms with E-state index in [4.69, 9.17) is 0 Å². The van der Waals surface area contributed by atoms with E-state index in [1.807, 2.05) is 0 Å². The molecule has 1 aromatic rings. The van der Waals surface area contributed by atoms with Crippen LogP contribution in [0.3, 0.4) is 0 Å². The fraction of sp³-hybridized carbons (Fsp3) is 0.263. The molecular weight excluding hydrogens is 256 g/mol. The van der Waals surface area contributed by atoms with Gasteiger partial charge < -0.3 is 10.2 Å². The minimum absolute atomic E-state index is 0.341. The van der Waals surface area contributed by atoms with Gasteiger partial charge in [-0.1, -0.05) is 48.6 Å². The van der Waals surface area contributed by atoms with Gasteiger partial charge >= 0.3 is 0 Å². The van der Waals surface area contributed by atoms with Gasteiger partial charge in [-0.2, -0.15) is 0 Å². The second-order valence-corrected chi connectivity index (χ2v) is 6.24. The second-order valence-electron chi connectivity index (χ2n) is 6.24. The van der Waals surface area contributed by atoms with Crippen LogP contribution in [0.15, 0.2) is 66.2 Å². The van der Waals surface area contributed by atoms with Crippen molar-refractivity contribution >= 4 is 0 Å². The molecule has 0 radical (unpaired) electrons. The second kappa shape index (κ2) is 4.39. The average Bonchev–Trinajstić information content (AvgIpc) is 2.66. The summed E-state index contributed by atoms with van der Waals surface area (Å²) in [6.07, 6.45) is 4.22. The molecule has 0 bridgehead atoms. The minimum Gasteiger partial charge on any atom is -0.358 e. The maximum atomic E-state index is 4.27. The zero-order valence-corrected chi connectivity index (χ0v) is 13.2. The number of rotatable bonds is 1. The SMILES string of the molecule is C=C1NC(C)(c2cc(C)cc(C)c2)N2C(=C)C(C)=CC=C12. The molecule has 0 amide bonds. The molecule has 3 rings (SSSR count). The van der Waals surface area contributed by atoms with Crippen LogP contribution in [-0.2, 0) is 5.66 Å². The zero-order valence-electron chi connectivity index (χ0n) is 13.2. The van der Waals surface area contributed by atoms with Crippen molar-refractivity contribution in [2.75, 3.05) is 0 Å². The van der Waals surface area contributed by atoms with Gasteiger partial charge in [0, 0.05) is 5.70 Å². The molecule has 1 saturated heterocycles. The number of hydrogen-bond donors (Lipinski definition) is 1. The Morgan fingerprint density at radius 2 is 1.62 bits per heavy atom. The third kappa shape index (κ3) is 1.94. The van der Waals surface area contributed by atoms with E-state index in [-0.39, 0.29) is 5.66 Å². The van der Waals surface area contributed by atoms with E-state index < -0.39 is 0 Å². The van der Waals surface area contributed by atoms with Gasteiger partial charge in [0.2, 0.25) is 0 Å². The summed E-state index contributed by atoms with van der Waals surface area (Å²) in [5.74, 6) is 0. The number of aryl methyl sites for hydroxylation is 2. The van der Waals surface area contributed by atoms with Crippen molar-refractivity contribution in [3.8, 4) is 0 Å². The summed E-state index contributed by atoms with van der Waals surface area (Å²) < 4.78 is 0. The molecule has 1 unspecified atom stereocenters. The Morgan fingerprint density at radius 1 is 1.00 bits per heavy atom. The first-order valence-electron chi connectivity index (χ1n) is 7.27. The normalized spacial score (nSPS) is 24.5. The van der Waals surface area contributed by atoms with Crippen LogP contribution in [0, 0.1) is 13.8 Å². The number of hydrogen-bond acceptors (Lipinski definition) is 2. The van der Waals surface area contributed by atoms with E-state index >= 15 is 0 Å². The average molecular weight is 278 g/mol. The summed E-state index contributed by atoms with van der Waals surface area (Å²) >= 11 is 0. The Kier molecular flexibility index (Phi) is 2.87. The fourth-order valence-electron chi connectivity index (χ4n) is 3.31. The van der Waals surface area contributed by atoms with E-state index in [1.54, 1.807) is 0 Å². The van der Waals surface area contributed by atoms with Crippen molar-refractivity contribution in [3.63, 3.8) is 0 Å². The van der Waals surface area contributed by atoms with Gasteiger partial charge in [-0.25, -0.2) is 0 Å². The van der Waals surface area contributed by atoms with Gasteiger partial charge in [0.25, 0.3) is 0 Å². The van der Waals surface area contributed by atoms with Crippen LogP contribution >= 0.6 is 0 Å². The van der Waals surface area contributed by atoms with Gasteiger partial charge in [0.05, 0.1) is 11.4 Å². The van der Waals surface area contributed by atoms with Crippen LogP contribution in [0.5, 0.6) is 0 Å². The topological polar surface area (TPSA) is 15.3 Å². The van der Waals surface area contributed by atoms with Gasteiger partial charge in [0.1, 0.15) is 5.66 Å². The lowest BCUT2D eigenvalue weighted by atomic mass is 9.94. The maximum Gasteiger partial charge on any atom is 0.138 e. The molecule has 0 aliphatic carbocycles. The van der Waals surface area contributed by atoms with E-state index in [1.165, 1.54) is 22.3 Å². The molecule has 2 aliphatic rings. The predicted octanol–water partition coefficient (Wildman–Crippen LogP) is 4.25. The third-order valence-corrected chi connectivity index (χ3v) is 4.39. The van der Waals surface area contributed by atoms with E-state index in [0.29, 0.717) is 0 Å². The Morgan fingerprint density at radius 3 is 2.24 bits per heavy atom. The number of allylic oxidation sites excluding steroid dienone is 3. The molecule has 0 aromatic heterocycles. The maximum absolute atomic E-state index is 4.27. The zero-order chi connectivity index (χ0) is 15.4. The lowest BCUT2D eigenvalue weighted by Gasteiger charge is -2.39. The number of nitrogens with one attached hydrogen (secondary N) is 1. The molecule has 2 nitrogen and oxygen atoms in total. The molecular formula is C19H22N2. The first kappa shape index (κ1) is 13.7. The highest BCUT2D eigenvalue weighted by Gasteiger charge is 2.44. The first-order valence-corrected chi connectivity index (χ1v) is 7.27. The number of benzene rings is 1. The summed E-state index contributed by atoms with van der Waals surface area (Å²) in [5, 5.41) is 3.56. The van der Waals surface area contributed by atoms with Crippen LogP contribution < -0.4 is 5.32 Å². The smallest absolute Gasteiger partial charge is 0.138 e. The van der Waals surface area contributed by atoms with Crippen molar-refractivity contribution in [1.29, 1.82) is 0 Å². The van der Waals surface area contributed by atoms with Crippen molar-refractivity contribution in [2.45, 2.75) is 33.4 Å². The van der Waals surface area contributed by atoms with Crippen LogP contribution in [0.25, 0.3) is 0 Å². The molecule has 1 N–H and O–H groups in total. The molecule has 0 saturated carbocycles. The molecule has 0 spiro atoms. The van der Waals surface area contributed by atoms with Crippen LogP contribution in [0.4, 0.5) is 0 Å². The highest BCUT2D eigenvalue weighted by atomic mass is 15.4. The Hall–Kier alpha value is -2.22. The van der Waals surface area contributed by atoms with Crippen molar-refractivity contribution < 1.29 is 0 Å². The van der Waals surface area contributed by atoms with Gasteiger partial charge in [0.15, 0.2) is 0 Å². The van der Waals surface area contributed by atoms with E-state index in [9.17, 15) is 0 Å². The van der Waals surface area contributed by atoms with E-state index in [0.717, 1.165) is 17.1 Å². The summed E-state index contributed by atoms with van der Waals surface area (Å²) in [4.78, 5) is 2.26. The first-order chi connectivity index (χ1) is 9.83. The molecule has 1 fully saturated rings. The highest BCUT2D eigenvalue weighted by molar-refractivity contribution is 5.51. The van der Waals surface area contributed by atoms with Crippen LogP contribution in [0.1, 0.15) is 30.5 Å². The van der Waals surface area contributed by atoms with Crippen molar-refractivity contribution in [3.05, 3.63) is 82.9 Å². The quantitative estimate of drug-likeness (QED) is 0.826. The third-order valence-electron chi connectivity index (χ3n) is 4.39. The molecule has 1 atom stereocenters. The Labute approximate surface area is 127 Å². The molecule has 2 aliphatic heterocycles. The predicted molar refractivity (Wildman–Crippen MR) is 88.4 cm³/mol. The monoisotopic (exact) mass is 278 g/mol. The van der Waals surface area contributed by atoms with Gasteiger partial charge in [-0.3, -0.25) is 0 Å². The summed E-state index contributed by atoms with van der Waals surface area (Å²) in [6.45, 7) is 17.0. The van der Waals surface area contributed by atoms with Crippen molar-refractivity contribution in [1.82, 2.24) is 10.2 Å². The molecule has 1 aromatic carbocycles. The molecule has 21 heavy (non-hydrogen) atoms. The van der Waals surface area contributed by atoms with Crippen LogP contribution in [-0.4, -0.2) is 4.90 Å². The highest BCUT2D eigenvalue weighted by Crippen LogP contribution is 2.44. The van der Waals surface area contributed by atoms with Gasteiger partial charge in [-0.05, 0) is 44.9 Å². The fourth-order valence-corrected chi connectivity index (χ4v) is 3.31. The Bertz CT molecular complexity index is 701. The minimum atomic E-state index is -0.341. The molecule has 108 valence electrons. The molecule has 2 heteroatoms. The summed E-state index contributed by atoms with van der Waals surface area (Å²) in [6, 6.07) is 6.66. The lowest BCUT2D eigenvalue weighted by Crippen LogP contribution is -2.45. The van der Waals surface area contributed by atoms with E-state index in [2.05, 4.69) is 81.4 Å². The number of fused-ring (bicyclic) bond motifs is 1. The summed E-state index contributed by atoms with van der Waals surface area (Å²) in [7, 11) is 0. The lowest BCUT2D eigenvalue weighted by molar-refractivity contribution is 0.211. The van der Waals surface area contributed by atoms with Gasteiger partial charge in [-0.15, -0.1) is 0 Å². The van der Waals surface area contributed by atoms with Crippen LogP contribution in [0.2, 0.25) is 0 Å².